The maximum absolute atomic E-state index is 11.9. The number of aromatic amines is 1. The lowest BCUT2D eigenvalue weighted by Gasteiger charge is -2.24. The van der Waals surface area contributed by atoms with Crippen molar-refractivity contribution in [3.05, 3.63) is 59.7 Å². The highest BCUT2D eigenvalue weighted by Gasteiger charge is 2.19. The fourth-order valence-electron chi connectivity index (χ4n) is 4.08. The molecular weight excluding hydrogens is 404 g/mol. The molecule has 2 aromatic carbocycles. The molecule has 1 aliphatic rings. The fourth-order valence-corrected chi connectivity index (χ4v) is 4.08. The molecule has 6 nitrogen and oxygen atoms in total. The van der Waals surface area contributed by atoms with Gasteiger partial charge in [0.1, 0.15) is 0 Å². The van der Waals surface area contributed by atoms with Crippen LogP contribution in [0.2, 0.25) is 0 Å². The molecule has 4 rings (SSSR count). The number of rotatable bonds is 8. The van der Waals surface area contributed by atoms with Gasteiger partial charge in [0.15, 0.2) is 0 Å². The maximum atomic E-state index is 11.9. The van der Waals surface area contributed by atoms with E-state index in [1.54, 1.807) is 0 Å². The van der Waals surface area contributed by atoms with Crippen LogP contribution in [-0.4, -0.2) is 43.9 Å². The molecule has 0 bridgehead atoms. The van der Waals surface area contributed by atoms with Crippen LogP contribution in [0.25, 0.3) is 28.2 Å². The van der Waals surface area contributed by atoms with Crippen LogP contribution < -0.4 is 5.32 Å². The molecule has 0 spiro atoms. The molecule has 1 fully saturated rings. The summed E-state index contributed by atoms with van der Waals surface area (Å²) < 4.78 is 16.1. The highest BCUT2D eigenvalue weighted by atomic mass is 16.5. The lowest BCUT2D eigenvalue weighted by atomic mass is 10.0. The van der Waals surface area contributed by atoms with Crippen LogP contribution in [0, 0.1) is 0 Å². The van der Waals surface area contributed by atoms with Crippen molar-refractivity contribution < 1.29 is 19.0 Å². The number of ether oxygens (including phenoxy) is 3. The largest absolute Gasteiger partial charge is 0.466 e. The first-order valence-electron chi connectivity index (χ1n) is 11.1. The van der Waals surface area contributed by atoms with E-state index in [9.17, 15) is 4.79 Å². The minimum absolute atomic E-state index is 0.354. The van der Waals surface area contributed by atoms with E-state index in [0.29, 0.717) is 19.3 Å². The van der Waals surface area contributed by atoms with Crippen LogP contribution in [-0.2, 0) is 25.6 Å². The van der Waals surface area contributed by atoms with Crippen LogP contribution in [0.1, 0.15) is 30.9 Å². The summed E-state index contributed by atoms with van der Waals surface area (Å²) in [6.45, 7) is 4.71. The van der Waals surface area contributed by atoms with Gasteiger partial charge in [0.25, 0.3) is 0 Å². The summed E-state index contributed by atoms with van der Waals surface area (Å²) in [4.78, 5) is 15.5. The number of aromatic nitrogens is 1. The first kappa shape index (κ1) is 22.1. The molecule has 0 atom stereocenters. The second-order valence-electron chi connectivity index (χ2n) is 7.87. The number of esters is 1. The summed E-state index contributed by atoms with van der Waals surface area (Å²) in [6, 6.07) is 14.8. The number of benzene rings is 2. The molecule has 1 saturated heterocycles. The Kier molecular flexibility index (Phi) is 7.24. The third-order valence-electron chi connectivity index (χ3n) is 5.71. The van der Waals surface area contributed by atoms with Gasteiger partial charge in [-0.2, -0.15) is 0 Å². The predicted octanol–water partition coefficient (Wildman–Crippen LogP) is 5.15. The van der Waals surface area contributed by atoms with Crippen LogP contribution >= 0.6 is 0 Å². The SMILES string of the molecule is CCOCc1cc(NC2CCOCC2)c2[nH]c(-c3ccccc3)c(/C=C/C(=O)OC)c2c1. The first-order valence-corrected chi connectivity index (χ1v) is 11.1. The third-order valence-corrected chi connectivity index (χ3v) is 5.71. The van der Waals surface area contributed by atoms with Crippen molar-refractivity contribution in [3.63, 3.8) is 0 Å². The van der Waals surface area contributed by atoms with E-state index in [4.69, 9.17) is 14.2 Å². The zero-order valence-electron chi connectivity index (χ0n) is 18.6. The Balaban J connectivity index is 1.86. The van der Waals surface area contributed by atoms with Gasteiger partial charge in [-0.05, 0) is 49.1 Å². The van der Waals surface area contributed by atoms with E-state index in [2.05, 4.69) is 34.6 Å². The van der Waals surface area contributed by atoms with E-state index < -0.39 is 0 Å². The molecular formula is C26H30N2O4. The number of nitrogens with one attached hydrogen (secondary N) is 2. The second-order valence-corrected chi connectivity index (χ2v) is 7.87. The van der Waals surface area contributed by atoms with Gasteiger partial charge in [-0.3, -0.25) is 0 Å². The highest BCUT2D eigenvalue weighted by molar-refractivity contribution is 6.04. The van der Waals surface area contributed by atoms with E-state index in [1.807, 2.05) is 31.2 Å². The van der Waals surface area contributed by atoms with Crippen LogP contribution in [0.4, 0.5) is 5.69 Å². The quantitative estimate of drug-likeness (QED) is 0.379. The molecule has 1 aromatic heterocycles. The maximum Gasteiger partial charge on any atom is 0.330 e. The molecule has 2 heterocycles. The Morgan fingerprint density at radius 2 is 2.00 bits per heavy atom. The second kappa shape index (κ2) is 10.5. The van der Waals surface area contributed by atoms with E-state index in [1.165, 1.54) is 13.2 Å². The number of carbonyl (C=O) groups is 1. The Morgan fingerprint density at radius 1 is 1.22 bits per heavy atom. The zero-order valence-corrected chi connectivity index (χ0v) is 18.6. The standard InChI is InChI=1S/C26H30N2O4/c1-3-31-17-18-15-22-21(9-10-24(29)30-2)25(19-7-5-4-6-8-19)28-26(22)23(16-18)27-20-11-13-32-14-12-20/h4-10,15-16,20,27-28H,3,11-14,17H2,1-2H3/b10-9+. The summed E-state index contributed by atoms with van der Waals surface area (Å²) >= 11 is 0. The summed E-state index contributed by atoms with van der Waals surface area (Å²) in [5.74, 6) is -0.385. The summed E-state index contributed by atoms with van der Waals surface area (Å²) in [5.41, 5.74) is 6.10. The number of hydrogen-bond acceptors (Lipinski definition) is 5. The minimum Gasteiger partial charge on any atom is -0.466 e. The Labute approximate surface area is 188 Å². The van der Waals surface area contributed by atoms with Crippen molar-refractivity contribution in [1.82, 2.24) is 4.98 Å². The van der Waals surface area contributed by atoms with Crippen molar-refractivity contribution in [2.75, 3.05) is 32.2 Å². The number of anilines is 1. The number of hydrogen-bond donors (Lipinski definition) is 2. The average molecular weight is 435 g/mol. The van der Waals surface area contributed by atoms with E-state index in [0.717, 1.165) is 65.0 Å². The molecule has 32 heavy (non-hydrogen) atoms. The van der Waals surface area contributed by atoms with E-state index in [-0.39, 0.29) is 5.97 Å². The topological polar surface area (TPSA) is 72.6 Å². The fraction of sp³-hybridized carbons (Fsp3) is 0.346. The van der Waals surface area contributed by atoms with Crippen molar-refractivity contribution in [1.29, 1.82) is 0 Å². The van der Waals surface area contributed by atoms with Crippen molar-refractivity contribution in [2.24, 2.45) is 0 Å². The van der Waals surface area contributed by atoms with Gasteiger partial charge in [0, 0.05) is 42.9 Å². The van der Waals surface area contributed by atoms with Gasteiger partial charge in [0.2, 0.25) is 0 Å². The Bertz CT molecular complexity index is 1080. The molecule has 2 N–H and O–H groups in total. The van der Waals surface area contributed by atoms with Gasteiger partial charge < -0.3 is 24.5 Å². The minimum atomic E-state index is -0.385. The third kappa shape index (κ3) is 5.03. The van der Waals surface area contributed by atoms with Crippen molar-refractivity contribution in [2.45, 2.75) is 32.4 Å². The van der Waals surface area contributed by atoms with Crippen molar-refractivity contribution >= 4 is 28.6 Å². The summed E-state index contributed by atoms with van der Waals surface area (Å²) in [5, 5.41) is 4.76. The molecule has 1 aliphatic heterocycles. The van der Waals surface area contributed by atoms with E-state index >= 15 is 0 Å². The molecule has 6 heteroatoms. The molecule has 0 aliphatic carbocycles. The Morgan fingerprint density at radius 3 is 2.72 bits per heavy atom. The lowest BCUT2D eigenvalue weighted by Crippen LogP contribution is -2.28. The van der Waals surface area contributed by atoms with Gasteiger partial charge >= 0.3 is 5.97 Å². The van der Waals surface area contributed by atoms with Crippen LogP contribution in [0.15, 0.2) is 48.5 Å². The molecule has 0 unspecified atom stereocenters. The van der Waals surface area contributed by atoms with Gasteiger partial charge in [0.05, 0.1) is 30.6 Å². The normalized spacial score (nSPS) is 14.8. The molecule has 0 saturated carbocycles. The monoisotopic (exact) mass is 434 g/mol. The summed E-state index contributed by atoms with van der Waals surface area (Å²) in [6.07, 6.45) is 5.24. The zero-order chi connectivity index (χ0) is 22.3. The van der Waals surface area contributed by atoms with Crippen LogP contribution in [0.5, 0.6) is 0 Å². The van der Waals surface area contributed by atoms with Crippen molar-refractivity contribution in [3.8, 4) is 11.3 Å². The van der Waals surface area contributed by atoms with Crippen LogP contribution in [0.3, 0.4) is 0 Å². The van der Waals surface area contributed by atoms with Gasteiger partial charge in [-0.15, -0.1) is 0 Å². The molecule has 3 aromatic rings. The molecule has 168 valence electrons. The molecule has 0 radical (unpaired) electrons. The Hall–Kier alpha value is -3.09. The predicted molar refractivity (Wildman–Crippen MR) is 128 cm³/mol. The number of carbonyl (C=O) groups excluding carboxylic acids is 1. The van der Waals surface area contributed by atoms with Gasteiger partial charge in [-0.25, -0.2) is 4.79 Å². The lowest BCUT2D eigenvalue weighted by molar-refractivity contribution is -0.134. The average Bonchev–Trinajstić information content (AvgIpc) is 3.21. The molecule has 0 amide bonds. The highest BCUT2D eigenvalue weighted by Crippen LogP contribution is 2.36. The smallest absolute Gasteiger partial charge is 0.330 e. The number of methoxy groups -OCH3 is 1. The number of H-pyrrole nitrogens is 1. The number of fused-ring (bicyclic) bond motifs is 1. The first-order chi connectivity index (χ1) is 15.7. The summed E-state index contributed by atoms with van der Waals surface area (Å²) in [7, 11) is 1.39. The van der Waals surface area contributed by atoms with Gasteiger partial charge in [-0.1, -0.05) is 30.3 Å².